The average molecular weight is 612 g/mol. The zero-order chi connectivity index (χ0) is 32.8. The Bertz CT molecular complexity index is 1060. The summed E-state index contributed by atoms with van der Waals surface area (Å²) in [6.45, 7) is 16.9. The number of hydrogen-bond acceptors (Lipinski definition) is 12. The topological polar surface area (TPSA) is 159 Å². The maximum absolute atomic E-state index is 12.7. The van der Waals surface area contributed by atoms with Crippen LogP contribution in [0.1, 0.15) is 87.1 Å². The molecule has 0 spiro atoms. The van der Waals surface area contributed by atoms with Gasteiger partial charge in [-0.2, -0.15) is 0 Å². The second-order valence-corrected chi connectivity index (χ2v) is 12.8. The molecule has 0 aliphatic heterocycles. The van der Waals surface area contributed by atoms with Gasteiger partial charge in [0.1, 0.15) is 18.2 Å². The van der Waals surface area contributed by atoms with Gasteiger partial charge in [0.2, 0.25) is 0 Å². The van der Waals surface area contributed by atoms with E-state index in [0.29, 0.717) is 5.56 Å². The first-order valence-electron chi connectivity index (χ1n) is 14.5. The lowest BCUT2D eigenvalue weighted by molar-refractivity contribution is -0.155. The van der Waals surface area contributed by atoms with Crippen LogP contribution < -0.4 is 15.2 Å². The number of carbonyl (C=O) groups is 4. The molecule has 12 heteroatoms. The predicted octanol–water partition coefficient (Wildman–Crippen LogP) is 6.34. The summed E-state index contributed by atoms with van der Waals surface area (Å²) >= 11 is 0. The second-order valence-electron chi connectivity index (χ2n) is 12.8. The minimum Gasteiger partial charge on any atom is -0.458 e. The van der Waals surface area contributed by atoms with Crippen molar-refractivity contribution < 1.29 is 52.3 Å². The van der Waals surface area contributed by atoms with Crippen molar-refractivity contribution in [2.45, 2.75) is 106 Å². The molecule has 0 heterocycles. The Morgan fingerprint density at radius 3 is 1.81 bits per heavy atom. The van der Waals surface area contributed by atoms with E-state index in [4.69, 9.17) is 38.9 Å². The van der Waals surface area contributed by atoms with Gasteiger partial charge in [-0.15, -0.1) is 0 Å². The van der Waals surface area contributed by atoms with Crippen LogP contribution in [-0.4, -0.2) is 62.5 Å². The van der Waals surface area contributed by atoms with Gasteiger partial charge < -0.3 is 38.9 Å². The lowest BCUT2D eigenvalue weighted by Crippen LogP contribution is -2.39. The third-order valence-electron chi connectivity index (χ3n) is 5.61. The first-order valence-corrected chi connectivity index (χ1v) is 14.5. The summed E-state index contributed by atoms with van der Waals surface area (Å²) in [5, 5.41) is 0. The summed E-state index contributed by atoms with van der Waals surface area (Å²) in [7, 11) is 0. The highest BCUT2D eigenvalue weighted by molar-refractivity contribution is 5.76. The van der Waals surface area contributed by atoms with E-state index in [1.54, 1.807) is 19.9 Å². The van der Waals surface area contributed by atoms with Crippen molar-refractivity contribution in [1.29, 1.82) is 0 Å². The van der Waals surface area contributed by atoms with Gasteiger partial charge in [0, 0.05) is 0 Å². The van der Waals surface area contributed by atoms with Crippen LogP contribution in [0.3, 0.4) is 0 Å². The first-order chi connectivity index (χ1) is 19.9. The lowest BCUT2D eigenvalue weighted by Gasteiger charge is -2.22. The molecule has 244 valence electrons. The number of ether oxygens (including phenoxy) is 7. The van der Waals surface area contributed by atoms with E-state index in [2.05, 4.69) is 0 Å². The fourth-order valence-electron chi connectivity index (χ4n) is 3.13. The largest absolute Gasteiger partial charge is 0.513 e. The molecule has 0 radical (unpaired) electrons. The van der Waals surface area contributed by atoms with Crippen LogP contribution >= 0.6 is 0 Å². The first kappa shape index (κ1) is 37.5. The standard InChI is InChI=1S/C31H49NO11/c1-10-11-12-15-37-27(34)41-21(3)20(2)40-26(33)23(32)16-22-13-14-24(42-28(35)38-18-30(4,5)6)25(17-22)43-29(36)39-19-31(7,8)9/h13-14,17,20-21,23H,10-12,15-16,18-19,32H2,1-9H3/t20-,21-,23-/m0/s1. The fourth-order valence-corrected chi connectivity index (χ4v) is 3.13. The van der Waals surface area contributed by atoms with Crippen LogP contribution in [-0.2, 0) is 34.9 Å². The molecule has 1 rings (SSSR count). The molecular weight excluding hydrogens is 562 g/mol. The Balaban J connectivity index is 2.90. The second kappa shape index (κ2) is 17.5. The zero-order valence-corrected chi connectivity index (χ0v) is 27.0. The van der Waals surface area contributed by atoms with Crippen LogP contribution in [0.4, 0.5) is 14.4 Å². The molecule has 1 aromatic rings. The molecule has 0 saturated heterocycles. The monoisotopic (exact) mass is 611 g/mol. The molecular formula is C31H49NO11. The van der Waals surface area contributed by atoms with E-state index < -0.39 is 42.7 Å². The summed E-state index contributed by atoms with van der Waals surface area (Å²) in [4.78, 5) is 49.2. The highest BCUT2D eigenvalue weighted by Gasteiger charge is 2.26. The van der Waals surface area contributed by atoms with E-state index >= 15 is 0 Å². The number of esters is 1. The molecule has 0 bridgehead atoms. The van der Waals surface area contributed by atoms with Gasteiger partial charge in [-0.1, -0.05) is 67.4 Å². The van der Waals surface area contributed by atoms with Crippen molar-refractivity contribution in [3.63, 3.8) is 0 Å². The Labute approximate surface area is 254 Å². The number of unbranched alkanes of at least 4 members (excludes halogenated alkanes) is 2. The molecule has 0 aliphatic carbocycles. The molecule has 1 aromatic carbocycles. The molecule has 0 aliphatic rings. The van der Waals surface area contributed by atoms with E-state index in [1.807, 2.05) is 48.5 Å². The summed E-state index contributed by atoms with van der Waals surface area (Å²) in [5.41, 5.74) is 5.98. The van der Waals surface area contributed by atoms with Gasteiger partial charge in [0.25, 0.3) is 0 Å². The van der Waals surface area contributed by atoms with Crippen LogP contribution in [0.2, 0.25) is 0 Å². The number of carbonyl (C=O) groups excluding carboxylic acids is 4. The van der Waals surface area contributed by atoms with Gasteiger partial charge in [-0.25, -0.2) is 14.4 Å². The Morgan fingerprint density at radius 1 is 0.744 bits per heavy atom. The third kappa shape index (κ3) is 16.6. The number of hydrogen-bond donors (Lipinski definition) is 1. The van der Waals surface area contributed by atoms with Crippen LogP contribution in [0.15, 0.2) is 18.2 Å². The summed E-state index contributed by atoms with van der Waals surface area (Å²) in [6, 6.07) is 3.24. The minimum absolute atomic E-state index is 0.0115. The van der Waals surface area contributed by atoms with Gasteiger partial charge in [0.05, 0.1) is 19.8 Å². The summed E-state index contributed by atoms with van der Waals surface area (Å²) in [5.74, 6) is -0.956. The van der Waals surface area contributed by atoms with Gasteiger partial charge >= 0.3 is 24.4 Å². The maximum Gasteiger partial charge on any atom is 0.513 e. The van der Waals surface area contributed by atoms with Gasteiger partial charge in [-0.3, -0.25) is 4.79 Å². The molecule has 0 aromatic heterocycles. The van der Waals surface area contributed by atoms with Gasteiger partial charge in [-0.05, 0) is 55.2 Å². The number of nitrogens with two attached hydrogens (primary N) is 1. The van der Waals surface area contributed by atoms with Crippen molar-refractivity contribution in [2.75, 3.05) is 19.8 Å². The predicted molar refractivity (Wildman–Crippen MR) is 158 cm³/mol. The normalized spacial score (nSPS) is 13.6. The summed E-state index contributed by atoms with van der Waals surface area (Å²) in [6.07, 6.45) is -1.75. The van der Waals surface area contributed by atoms with Crippen molar-refractivity contribution in [3.05, 3.63) is 23.8 Å². The molecule has 0 fully saturated rings. The van der Waals surface area contributed by atoms with E-state index in [1.165, 1.54) is 12.1 Å². The van der Waals surface area contributed by atoms with Crippen molar-refractivity contribution in [2.24, 2.45) is 16.6 Å². The highest BCUT2D eigenvalue weighted by Crippen LogP contribution is 2.30. The minimum atomic E-state index is -1.11. The maximum atomic E-state index is 12.7. The average Bonchev–Trinajstić information content (AvgIpc) is 2.89. The smallest absolute Gasteiger partial charge is 0.458 e. The molecule has 0 amide bonds. The summed E-state index contributed by atoms with van der Waals surface area (Å²) < 4.78 is 36.5. The molecule has 0 unspecified atom stereocenters. The molecule has 3 atom stereocenters. The Hall–Kier alpha value is -3.54. The fraction of sp³-hybridized carbons (Fsp3) is 0.677. The highest BCUT2D eigenvalue weighted by atomic mass is 16.7. The molecule has 0 saturated carbocycles. The van der Waals surface area contributed by atoms with Crippen LogP contribution in [0.25, 0.3) is 0 Å². The number of rotatable bonds is 14. The van der Waals surface area contributed by atoms with E-state index in [-0.39, 0.29) is 48.6 Å². The Morgan fingerprint density at radius 2 is 1.28 bits per heavy atom. The SMILES string of the molecule is CCCCCOC(=O)O[C@@H](C)[C@H](C)OC(=O)[C@@H](N)Cc1ccc(OC(=O)OCC(C)(C)C)c(OC(=O)OCC(C)(C)C)c1. The molecule has 43 heavy (non-hydrogen) atoms. The zero-order valence-electron chi connectivity index (χ0n) is 27.0. The number of benzene rings is 1. The Kier molecular flexibility index (Phi) is 15.3. The lowest BCUT2D eigenvalue weighted by atomic mass is 9.99. The van der Waals surface area contributed by atoms with Crippen LogP contribution in [0.5, 0.6) is 11.5 Å². The quantitative estimate of drug-likeness (QED) is 0.108. The third-order valence-corrected chi connectivity index (χ3v) is 5.61. The van der Waals surface area contributed by atoms with Gasteiger partial charge in [0.15, 0.2) is 11.5 Å². The van der Waals surface area contributed by atoms with Crippen LogP contribution in [0, 0.1) is 10.8 Å². The van der Waals surface area contributed by atoms with E-state index in [9.17, 15) is 19.2 Å². The van der Waals surface area contributed by atoms with Crippen molar-refractivity contribution in [3.8, 4) is 11.5 Å². The molecule has 2 N–H and O–H groups in total. The molecule has 12 nitrogen and oxygen atoms in total. The van der Waals surface area contributed by atoms with Crippen molar-refractivity contribution in [1.82, 2.24) is 0 Å². The van der Waals surface area contributed by atoms with Crippen molar-refractivity contribution >= 4 is 24.4 Å². The van der Waals surface area contributed by atoms with E-state index in [0.717, 1.165) is 19.3 Å².